The van der Waals surface area contributed by atoms with Crippen molar-refractivity contribution in [2.45, 2.75) is 12.5 Å². The van der Waals surface area contributed by atoms with Gasteiger partial charge < -0.3 is 29.5 Å². The molecular weight excluding hydrogens is 324 g/mol. The van der Waals surface area contributed by atoms with Crippen molar-refractivity contribution in [3.8, 4) is 17.2 Å². The van der Waals surface area contributed by atoms with Crippen LogP contribution in [0.5, 0.6) is 17.2 Å². The summed E-state index contributed by atoms with van der Waals surface area (Å²) in [5, 5.41) is 27.1. The lowest BCUT2D eigenvalue weighted by molar-refractivity contribution is -0.164. The van der Waals surface area contributed by atoms with Crippen LogP contribution in [0.15, 0.2) is 18.2 Å². The van der Waals surface area contributed by atoms with Crippen molar-refractivity contribution in [3.05, 3.63) is 23.8 Å². The number of benzene rings is 1. The number of hydrogen-bond donors (Lipinski definition) is 3. The van der Waals surface area contributed by atoms with E-state index in [0.29, 0.717) is 5.56 Å². The second-order valence-corrected chi connectivity index (χ2v) is 4.47. The number of rotatable bonds is 8. The van der Waals surface area contributed by atoms with Crippen molar-refractivity contribution >= 4 is 24.0 Å². The zero-order valence-corrected chi connectivity index (χ0v) is 12.9. The Kier molecular flexibility index (Phi) is 6.60. The highest BCUT2D eigenvalue weighted by atomic mass is 16.6. The second-order valence-electron chi connectivity index (χ2n) is 4.47. The van der Waals surface area contributed by atoms with Gasteiger partial charge in [-0.05, 0) is 23.8 Å². The van der Waals surface area contributed by atoms with Gasteiger partial charge in [0.25, 0.3) is 0 Å². The first-order chi connectivity index (χ1) is 11.3. The molecule has 0 spiro atoms. The van der Waals surface area contributed by atoms with E-state index in [2.05, 4.69) is 4.74 Å². The fourth-order valence-electron chi connectivity index (χ4n) is 1.69. The van der Waals surface area contributed by atoms with Crippen molar-refractivity contribution in [3.63, 3.8) is 0 Å². The average molecular weight is 340 g/mol. The van der Waals surface area contributed by atoms with Crippen LogP contribution in [-0.2, 0) is 19.1 Å². The van der Waals surface area contributed by atoms with Gasteiger partial charge in [0.1, 0.15) is 0 Å². The van der Waals surface area contributed by atoms with Crippen LogP contribution in [0.1, 0.15) is 12.0 Å². The predicted octanol–water partition coefficient (Wildman–Crippen LogP) is 0.894. The van der Waals surface area contributed by atoms with E-state index in [1.807, 2.05) is 0 Å². The van der Waals surface area contributed by atoms with E-state index in [1.165, 1.54) is 32.4 Å². The van der Waals surface area contributed by atoms with Crippen LogP contribution in [0.2, 0.25) is 0 Å². The largest absolute Gasteiger partial charge is 0.502 e. The SMILES string of the molecule is COc1cc(C=CC(=O)O[C@@H](CC(=O)O)C(=O)O)cc(OC)c1O. The molecule has 0 aromatic heterocycles. The molecule has 0 aliphatic heterocycles. The Balaban J connectivity index is 2.90. The third-order valence-electron chi connectivity index (χ3n) is 2.81. The maximum absolute atomic E-state index is 11.6. The number of hydrogen-bond acceptors (Lipinski definition) is 7. The highest BCUT2D eigenvalue weighted by Gasteiger charge is 2.24. The van der Waals surface area contributed by atoms with E-state index < -0.39 is 30.4 Å². The van der Waals surface area contributed by atoms with Crippen LogP contribution in [0.3, 0.4) is 0 Å². The minimum atomic E-state index is -1.79. The number of ether oxygens (including phenoxy) is 3. The summed E-state index contributed by atoms with van der Waals surface area (Å²) < 4.78 is 14.5. The molecule has 0 heterocycles. The summed E-state index contributed by atoms with van der Waals surface area (Å²) in [5.41, 5.74) is 0.406. The normalized spacial score (nSPS) is 11.8. The van der Waals surface area contributed by atoms with Crippen LogP contribution in [-0.4, -0.2) is 53.6 Å². The van der Waals surface area contributed by atoms with Gasteiger partial charge in [-0.1, -0.05) is 0 Å². The molecule has 0 unspecified atom stereocenters. The number of carboxylic acid groups (broad SMARTS) is 2. The summed E-state index contributed by atoms with van der Waals surface area (Å²) in [4.78, 5) is 33.0. The molecule has 9 heteroatoms. The minimum absolute atomic E-state index is 0.108. The van der Waals surface area contributed by atoms with Gasteiger partial charge in [0.15, 0.2) is 11.5 Å². The highest BCUT2D eigenvalue weighted by Crippen LogP contribution is 2.37. The summed E-state index contributed by atoms with van der Waals surface area (Å²) >= 11 is 0. The van der Waals surface area contributed by atoms with Crippen LogP contribution < -0.4 is 9.47 Å². The molecule has 130 valence electrons. The number of carbonyl (C=O) groups excluding carboxylic acids is 1. The Morgan fingerprint density at radius 1 is 1.12 bits per heavy atom. The molecule has 1 aromatic carbocycles. The Hall–Kier alpha value is -3.23. The van der Waals surface area contributed by atoms with E-state index in [-0.39, 0.29) is 17.2 Å². The first-order valence-corrected chi connectivity index (χ1v) is 6.56. The topological polar surface area (TPSA) is 140 Å². The Labute approximate surface area is 136 Å². The molecule has 0 aliphatic rings. The Bertz CT molecular complexity index is 638. The van der Waals surface area contributed by atoms with Gasteiger partial charge in [-0.2, -0.15) is 0 Å². The molecule has 9 nitrogen and oxygen atoms in total. The minimum Gasteiger partial charge on any atom is -0.502 e. The van der Waals surface area contributed by atoms with E-state index in [4.69, 9.17) is 19.7 Å². The van der Waals surface area contributed by atoms with Crippen molar-refractivity contribution in [1.82, 2.24) is 0 Å². The highest BCUT2D eigenvalue weighted by molar-refractivity contribution is 5.90. The van der Waals surface area contributed by atoms with E-state index in [1.54, 1.807) is 0 Å². The summed E-state index contributed by atoms with van der Waals surface area (Å²) in [5.74, 6) is -4.01. The standard InChI is InChI=1S/C15H16O9/c1-22-9-5-8(6-10(23-2)14(9)19)3-4-13(18)24-11(15(20)21)7-12(16)17/h3-6,11,19H,7H2,1-2H3,(H,16,17)(H,20,21)/t11-/m0/s1. The van der Waals surface area contributed by atoms with Gasteiger partial charge >= 0.3 is 17.9 Å². The zero-order valence-electron chi connectivity index (χ0n) is 12.9. The first-order valence-electron chi connectivity index (χ1n) is 6.56. The number of methoxy groups -OCH3 is 2. The molecular formula is C15H16O9. The Morgan fingerprint density at radius 2 is 1.67 bits per heavy atom. The van der Waals surface area contributed by atoms with Crippen LogP contribution >= 0.6 is 0 Å². The maximum atomic E-state index is 11.6. The van der Waals surface area contributed by atoms with E-state index in [9.17, 15) is 19.5 Å². The second kappa shape index (κ2) is 8.42. The average Bonchev–Trinajstić information content (AvgIpc) is 2.52. The van der Waals surface area contributed by atoms with Crippen LogP contribution in [0.4, 0.5) is 0 Å². The van der Waals surface area contributed by atoms with Gasteiger partial charge in [-0.25, -0.2) is 9.59 Å². The summed E-state index contributed by atoms with van der Waals surface area (Å²) in [7, 11) is 2.67. The number of phenols is 1. The number of aromatic hydroxyl groups is 1. The molecule has 0 saturated heterocycles. The van der Waals surface area contributed by atoms with Crippen molar-refractivity contribution in [2.75, 3.05) is 14.2 Å². The number of carboxylic acids is 2. The zero-order chi connectivity index (χ0) is 18.3. The molecule has 24 heavy (non-hydrogen) atoms. The monoisotopic (exact) mass is 340 g/mol. The van der Waals surface area contributed by atoms with Gasteiger partial charge in [-0.15, -0.1) is 0 Å². The van der Waals surface area contributed by atoms with Crippen LogP contribution in [0.25, 0.3) is 6.08 Å². The molecule has 3 N–H and O–H groups in total. The van der Waals surface area contributed by atoms with Crippen molar-refractivity contribution in [1.29, 1.82) is 0 Å². The number of carbonyl (C=O) groups is 3. The number of aliphatic carboxylic acids is 2. The van der Waals surface area contributed by atoms with Gasteiger partial charge in [-0.3, -0.25) is 4.79 Å². The summed E-state index contributed by atoms with van der Waals surface area (Å²) in [6.45, 7) is 0. The number of esters is 1. The van der Waals surface area contributed by atoms with E-state index in [0.717, 1.165) is 6.08 Å². The first kappa shape index (κ1) is 18.8. The molecule has 1 atom stereocenters. The molecule has 0 fully saturated rings. The predicted molar refractivity (Wildman–Crippen MR) is 80.0 cm³/mol. The van der Waals surface area contributed by atoms with E-state index >= 15 is 0 Å². The number of phenolic OH excluding ortho intramolecular Hbond substituents is 1. The molecule has 1 aromatic rings. The van der Waals surface area contributed by atoms with Crippen molar-refractivity contribution < 1.29 is 43.9 Å². The quantitative estimate of drug-likeness (QED) is 0.465. The Morgan fingerprint density at radius 3 is 2.08 bits per heavy atom. The smallest absolute Gasteiger partial charge is 0.345 e. The van der Waals surface area contributed by atoms with Crippen molar-refractivity contribution in [2.24, 2.45) is 0 Å². The molecule has 0 bridgehead atoms. The summed E-state index contributed by atoms with van der Waals surface area (Å²) in [6, 6.07) is 2.82. The third kappa shape index (κ3) is 5.20. The molecule has 1 rings (SSSR count). The molecule has 0 amide bonds. The third-order valence-corrected chi connectivity index (χ3v) is 2.81. The summed E-state index contributed by atoms with van der Waals surface area (Å²) in [6.07, 6.45) is -0.450. The molecule has 0 radical (unpaired) electrons. The lowest BCUT2D eigenvalue weighted by atomic mass is 10.1. The molecule has 0 saturated carbocycles. The van der Waals surface area contributed by atoms with Gasteiger partial charge in [0.2, 0.25) is 11.9 Å². The lowest BCUT2D eigenvalue weighted by Crippen LogP contribution is -2.28. The van der Waals surface area contributed by atoms with Gasteiger partial charge in [0.05, 0.1) is 20.6 Å². The fourth-order valence-corrected chi connectivity index (χ4v) is 1.69. The lowest BCUT2D eigenvalue weighted by Gasteiger charge is -2.10. The molecule has 0 aliphatic carbocycles. The maximum Gasteiger partial charge on any atom is 0.345 e. The van der Waals surface area contributed by atoms with Gasteiger partial charge in [0, 0.05) is 6.08 Å². The fraction of sp³-hybridized carbons (Fsp3) is 0.267. The van der Waals surface area contributed by atoms with Crippen LogP contribution in [0, 0.1) is 0 Å².